The quantitative estimate of drug-likeness (QED) is 0.863. The number of hydrogen-bond acceptors (Lipinski definition) is 3. The van der Waals surface area contributed by atoms with Crippen molar-refractivity contribution >= 4 is 17.4 Å². The number of nitrogens with zero attached hydrogens (tertiary/aromatic N) is 2. The van der Waals surface area contributed by atoms with Gasteiger partial charge in [0.1, 0.15) is 5.82 Å². The Bertz CT molecular complexity index is 474. The Balaban J connectivity index is 2.26. The molecule has 3 nitrogen and oxygen atoms in total. The predicted molar refractivity (Wildman–Crippen MR) is 68.5 cm³/mol. The van der Waals surface area contributed by atoms with E-state index in [-0.39, 0.29) is 10.6 Å². The van der Waals surface area contributed by atoms with Crippen LogP contribution >= 0.6 is 11.6 Å². The van der Waals surface area contributed by atoms with Gasteiger partial charge in [-0.25, -0.2) is 4.98 Å². The monoisotopic (exact) mass is 293 g/mol. The van der Waals surface area contributed by atoms with Crippen LogP contribution in [-0.2, 0) is 6.18 Å². The van der Waals surface area contributed by atoms with Crippen molar-refractivity contribution in [3.8, 4) is 0 Å². The fourth-order valence-corrected chi connectivity index (χ4v) is 2.43. The van der Waals surface area contributed by atoms with Crippen LogP contribution in [0.15, 0.2) is 12.3 Å². The molecule has 2 rings (SSSR count). The van der Waals surface area contributed by atoms with Crippen molar-refractivity contribution < 1.29 is 13.2 Å². The zero-order valence-electron chi connectivity index (χ0n) is 10.7. The molecule has 1 N–H and O–H groups in total. The van der Waals surface area contributed by atoms with E-state index in [1.165, 1.54) is 0 Å². The highest BCUT2D eigenvalue weighted by atomic mass is 35.5. The van der Waals surface area contributed by atoms with E-state index in [1.54, 1.807) is 0 Å². The van der Waals surface area contributed by atoms with Crippen molar-refractivity contribution in [2.24, 2.45) is 0 Å². The van der Waals surface area contributed by atoms with E-state index in [1.807, 2.05) is 18.7 Å². The molecule has 1 aromatic rings. The summed E-state index contributed by atoms with van der Waals surface area (Å²) in [6, 6.07) is 0.929. The fraction of sp³-hybridized carbons (Fsp3) is 0.583. The topological polar surface area (TPSA) is 28.2 Å². The van der Waals surface area contributed by atoms with Crippen molar-refractivity contribution in [1.29, 1.82) is 0 Å². The first-order chi connectivity index (χ1) is 8.69. The van der Waals surface area contributed by atoms with Gasteiger partial charge in [-0.05, 0) is 19.9 Å². The summed E-state index contributed by atoms with van der Waals surface area (Å²) < 4.78 is 37.6. The first kappa shape index (κ1) is 14.4. The third-order valence-electron chi connectivity index (χ3n) is 3.02. The lowest BCUT2D eigenvalue weighted by molar-refractivity contribution is -0.137. The van der Waals surface area contributed by atoms with Gasteiger partial charge in [-0.2, -0.15) is 13.2 Å². The van der Waals surface area contributed by atoms with Crippen molar-refractivity contribution in [2.75, 3.05) is 24.5 Å². The molecule has 0 radical (unpaired) electrons. The molecular weight excluding hydrogens is 279 g/mol. The third kappa shape index (κ3) is 3.30. The van der Waals surface area contributed by atoms with Crippen LogP contribution in [0.25, 0.3) is 0 Å². The Kier molecular flexibility index (Phi) is 3.66. The highest BCUT2D eigenvalue weighted by molar-refractivity contribution is 6.33. The summed E-state index contributed by atoms with van der Waals surface area (Å²) >= 11 is 5.94. The van der Waals surface area contributed by atoms with Gasteiger partial charge in [-0.15, -0.1) is 0 Å². The van der Waals surface area contributed by atoms with Gasteiger partial charge in [-0.3, -0.25) is 0 Å². The number of hydrogen-bond donors (Lipinski definition) is 1. The molecular formula is C12H15ClF3N3. The molecule has 0 aromatic carbocycles. The molecule has 0 atom stereocenters. The predicted octanol–water partition coefficient (Wildman–Crippen LogP) is 2.94. The average Bonchev–Trinajstić information content (AvgIpc) is 2.26. The second-order valence-electron chi connectivity index (χ2n) is 5.26. The summed E-state index contributed by atoms with van der Waals surface area (Å²) in [7, 11) is 0. The van der Waals surface area contributed by atoms with Gasteiger partial charge in [-0.1, -0.05) is 11.6 Å². The minimum Gasteiger partial charge on any atom is -0.352 e. The molecule has 1 fully saturated rings. The third-order valence-corrected chi connectivity index (χ3v) is 3.30. The fourth-order valence-electron chi connectivity index (χ4n) is 2.14. The Labute approximate surface area is 114 Å². The summed E-state index contributed by atoms with van der Waals surface area (Å²) in [5.74, 6) is 0.407. The van der Waals surface area contributed by atoms with Crippen LogP contribution in [0.4, 0.5) is 19.0 Å². The zero-order valence-corrected chi connectivity index (χ0v) is 11.4. The lowest BCUT2D eigenvalue weighted by Crippen LogP contribution is -2.57. The number of aromatic nitrogens is 1. The molecule has 1 aliphatic heterocycles. The van der Waals surface area contributed by atoms with Crippen LogP contribution in [0.2, 0.25) is 5.02 Å². The Morgan fingerprint density at radius 2 is 2.11 bits per heavy atom. The van der Waals surface area contributed by atoms with Crippen LogP contribution in [0.3, 0.4) is 0 Å². The van der Waals surface area contributed by atoms with Crippen LogP contribution in [0.5, 0.6) is 0 Å². The maximum atomic E-state index is 12.5. The van der Waals surface area contributed by atoms with E-state index in [4.69, 9.17) is 11.6 Å². The van der Waals surface area contributed by atoms with Crippen molar-refractivity contribution in [1.82, 2.24) is 10.3 Å². The average molecular weight is 294 g/mol. The lowest BCUT2D eigenvalue weighted by atomic mass is 10.0. The molecule has 0 saturated carbocycles. The summed E-state index contributed by atoms with van der Waals surface area (Å²) in [5, 5.41) is 3.36. The van der Waals surface area contributed by atoms with Gasteiger partial charge in [0.05, 0.1) is 10.6 Å². The van der Waals surface area contributed by atoms with E-state index < -0.39 is 11.7 Å². The van der Waals surface area contributed by atoms with E-state index in [9.17, 15) is 13.2 Å². The first-order valence-corrected chi connectivity index (χ1v) is 6.29. The number of pyridine rings is 1. The van der Waals surface area contributed by atoms with Crippen LogP contribution < -0.4 is 10.2 Å². The van der Waals surface area contributed by atoms with Gasteiger partial charge in [0, 0.05) is 31.4 Å². The molecule has 0 bridgehead atoms. The minimum atomic E-state index is -4.42. The smallest absolute Gasteiger partial charge is 0.352 e. The summed E-state index contributed by atoms with van der Waals surface area (Å²) in [6.07, 6.45) is -3.59. The Morgan fingerprint density at radius 1 is 1.42 bits per heavy atom. The second kappa shape index (κ2) is 4.83. The molecule has 0 unspecified atom stereocenters. The number of anilines is 1. The molecule has 106 valence electrons. The summed E-state index contributed by atoms with van der Waals surface area (Å²) in [5.41, 5.74) is -0.943. The number of nitrogens with one attached hydrogen (secondary N) is 1. The van der Waals surface area contributed by atoms with E-state index in [2.05, 4.69) is 10.3 Å². The van der Waals surface area contributed by atoms with Gasteiger partial charge in [0.15, 0.2) is 0 Å². The number of rotatable bonds is 1. The number of piperazine rings is 1. The molecule has 2 heterocycles. The van der Waals surface area contributed by atoms with Crippen LogP contribution in [0.1, 0.15) is 19.4 Å². The largest absolute Gasteiger partial charge is 0.417 e. The Hall–Kier alpha value is -1.01. The highest BCUT2D eigenvalue weighted by Gasteiger charge is 2.33. The molecule has 0 spiro atoms. The SMILES string of the molecule is CC1(C)CN(c2ncc(C(F)(F)F)cc2Cl)CCN1. The van der Waals surface area contributed by atoms with Crippen LogP contribution in [-0.4, -0.2) is 30.2 Å². The van der Waals surface area contributed by atoms with Gasteiger partial charge in [0.2, 0.25) is 0 Å². The van der Waals surface area contributed by atoms with Crippen molar-refractivity contribution in [2.45, 2.75) is 25.6 Å². The maximum Gasteiger partial charge on any atom is 0.417 e. The molecule has 1 aliphatic rings. The van der Waals surface area contributed by atoms with Crippen molar-refractivity contribution in [3.63, 3.8) is 0 Å². The molecule has 1 aromatic heterocycles. The van der Waals surface area contributed by atoms with Gasteiger partial charge in [0.25, 0.3) is 0 Å². The normalized spacial score (nSPS) is 19.6. The van der Waals surface area contributed by atoms with Gasteiger partial charge < -0.3 is 10.2 Å². The minimum absolute atomic E-state index is 0.0347. The standard InChI is InChI=1S/C12H15ClF3N3/c1-11(2)7-19(4-3-18-11)10-9(13)5-8(6-17-10)12(14,15)16/h5-6,18H,3-4,7H2,1-2H3. The summed E-state index contributed by atoms with van der Waals surface area (Å²) in [4.78, 5) is 5.78. The molecule has 7 heteroatoms. The van der Waals surface area contributed by atoms with Crippen LogP contribution in [0, 0.1) is 0 Å². The van der Waals surface area contributed by atoms with E-state index in [0.717, 1.165) is 18.8 Å². The second-order valence-corrected chi connectivity index (χ2v) is 5.67. The van der Waals surface area contributed by atoms with Crippen molar-refractivity contribution in [3.05, 3.63) is 22.8 Å². The summed E-state index contributed by atoms with van der Waals surface area (Å²) in [6.45, 7) is 6.10. The number of halogens is 4. The molecule has 0 amide bonds. The molecule has 19 heavy (non-hydrogen) atoms. The van der Waals surface area contributed by atoms with E-state index >= 15 is 0 Å². The first-order valence-electron chi connectivity index (χ1n) is 5.92. The maximum absolute atomic E-state index is 12.5. The number of alkyl halides is 3. The zero-order chi connectivity index (χ0) is 14.3. The lowest BCUT2D eigenvalue weighted by Gasteiger charge is -2.40. The molecule has 1 saturated heterocycles. The van der Waals surface area contributed by atoms with E-state index in [0.29, 0.717) is 18.9 Å². The highest BCUT2D eigenvalue weighted by Crippen LogP contribution is 2.34. The van der Waals surface area contributed by atoms with Gasteiger partial charge >= 0.3 is 6.18 Å². The Morgan fingerprint density at radius 3 is 2.63 bits per heavy atom. The molecule has 0 aliphatic carbocycles.